The normalized spacial score (nSPS) is 10.9. The van der Waals surface area contributed by atoms with Gasteiger partial charge in [0, 0.05) is 11.1 Å². The average molecular weight is 377 g/mol. The van der Waals surface area contributed by atoms with Crippen LogP contribution >= 0.6 is 11.6 Å². The lowest BCUT2D eigenvalue weighted by atomic mass is 10.1. The molecule has 0 saturated heterocycles. The Labute approximate surface area is 161 Å². The summed E-state index contributed by atoms with van der Waals surface area (Å²) in [6.45, 7) is 3.91. The number of benzene rings is 3. The van der Waals surface area contributed by atoms with Gasteiger partial charge in [0.2, 0.25) is 5.89 Å². The molecule has 0 radical (unpaired) electrons. The summed E-state index contributed by atoms with van der Waals surface area (Å²) in [5, 5.41) is 3.33. The first kappa shape index (κ1) is 17.3. The molecule has 0 unspecified atom stereocenters. The van der Waals surface area contributed by atoms with Crippen molar-refractivity contribution in [3.63, 3.8) is 0 Å². The molecule has 0 spiro atoms. The number of hydrogen-bond acceptors (Lipinski definition) is 3. The maximum absolute atomic E-state index is 12.6. The zero-order valence-electron chi connectivity index (χ0n) is 14.9. The van der Waals surface area contributed by atoms with Crippen LogP contribution in [0.1, 0.15) is 21.5 Å². The summed E-state index contributed by atoms with van der Waals surface area (Å²) in [5.74, 6) is 0.277. The number of anilines is 1. The molecular weight excluding hydrogens is 360 g/mol. The largest absolute Gasteiger partial charge is 0.436 e. The number of aromatic nitrogens is 1. The minimum Gasteiger partial charge on any atom is -0.436 e. The molecule has 4 aromatic rings. The van der Waals surface area contributed by atoms with Crippen LogP contribution in [0, 0.1) is 13.8 Å². The summed E-state index contributed by atoms with van der Waals surface area (Å²) in [4.78, 5) is 17.1. The molecule has 0 atom stereocenters. The van der Waals surface area contributed by atoms with Crippen LogP contribution in [0.2, 0.25) is 5.02 Å². The van der Waals surface area contributed by atoms with Crippen LogP contribution in [0.3, 0.4) is 0 Å². The summed E-state index contributed by atoms with van der Waals surface area (Å²) >= 11 is 6.29. The first-order valence-electron chi connectivity index (χ1n) is 8.55. The van der Waals surface area contributed by atoms with Gasteiger partial charge < -0.3 is 9.73 Å². The number of carbonyl (C=O) groups is 1. The third-order valence-corrected chi connectivity index (χ3v) is 4.72. The van der Waals surface area contributed by atoms with E-state index in [0.717, 1.165) is 27.8 Å². The van der Waals surface area contributed by atoms with Crippen LogP contribution in [0.15, 0.2) is 65.1 Å². The third kappa shape index (κ3) is 3.44. The molecular formula is C22H17ClN2O2. The summed E-state index contributed by atoms with van der Waals surface area (Å²) < 4.78 is 5.85. The lowest BCUT2D eigenvalue weighted by Gasteiger charge is -2.10. The lowest BCUT2D eigenvalue weighted by molar-refractivity contribution is 0.102. The van der Waals surface area contributed by atoms with Crippen LogP contribution in [0.5, 0.6) is 0 Å². The number of nitrogens with one attached hydrogen (secondary N) is 1. The standard InChI is InChI=1S/C22H17ClN2O2/c1-13-7-10-20-19(11-13)25-22(27-20)15-8-9-17(23)18(12-15)24-21(26)16-6-4-3-5-14(16)2/h3-12H,1-2H3,(H,24,26). The molecule has 5 heteroatoms. The van der Waals surface area contributed by atoms with Gasteiger partial charge in [0.15, 0.2) is 5.58 Å². The zero-order valence-corrected chi connectivity index (χ0v) is 15.7. The number of fused-ring (bicyclic) bond motifs is 1. The van der Waals surface area contributed by atoms with Crippen molar-refractivity contribution in [2.45, 2.75) is 13.8 Å². The monoisotopic (exact) mass is 376 g/mol. The summed E-state index contributed by atoms with van der Waals surface area (Å²) in [6, 6.07) is 18.6. The molecule has 1 heterocycles. The summed E-state index contributed by atoms with van der Waals surface area (Å²) in [6.07, 6.45) is 0. The van der Waals surface area contributed by atoms with Gasteiger partial charge in [-0.3, -0.25) is 4.79 Å². The Hall–Kier alpha value is -3.11. The number of hydrogen-bond donors (Lipinski definition) is 1. The number of nitrogens with zero attached hydrogens (tertiary/aromatic N) is 1. The predicted molar refractivity (Wildman–Crippen MR) is 108 cm³/mol. The molecule has 1 aromatic heterocycles. The van der Waals surface area contributed by atoms with Crippen LogP contribution in [0.25, 0.3) is 22.6 Å². The Balaban J connectivity index is 1.68. The van der Waals surface area contributed by atoms with Crippen molar-refractivity contribution in [1.29, 1.82) is 0 Å². The summed E-state index contributed by atoms with van der Waals surface area (Å²) in [5.41, 5.74) is 5.40. The Morgan fingerprint density at radius 2 is 1.85 bits per heavy atom. The highest BCUT2D eigenvalue weighted by Crippen LogP contribution is 2.31. The minimum atomic E-state index is -0.208. The van der Waals surface area contributed by atoms with Gasteiger partial charge in [-0.05, 0) is 61.4 Å². The van der Waals surface area contributed by atoms with Crippen molar-refractivity contribution in [2.24, 2.45) is 0 Å². The molecule has 4 nitrogen and oxygen atoms in total. The van der Waals surface area contributed by atoms with E-state index in [2.05, 4.69) is 10.3 Å². The first-order valence-corrected chi connectivity index (χ1v) is 8.93. The van der Waals surface area contributed by atoms with Crippen molar-refractivity contribution in [3.8, 4) is 11.5 Å². The van der Waals surface area contributed by atoms with E-state index >= 15 is 0 Å². The van der Waals surface area contributed by atoms with E-state index < -0.39 is 0 Å². The molecule has 3 aromatic carbocycles. The van der Waals surface area contributed by atoms with E-state index in [4.69, 9.17) is 16.0 Å². The summed E-state index contributed by atoms with van der Waals surface area (Å²) in [7, 11) is 0. The fraction of sp³-hybridized carbons (Fsp3) is 0.0909. The molecule has 1 N–H and O–H groups in total. The van der Waals surface area contributed by atoms with Gasteiger partial charge in [0.25, 0.3) is 5.91 Å². The number of amides is 1. The molecule has 0 fully saturated rings. The van der Waals surface area contributed by atoms with Gasteiger partial charge in [-0.2, -0.15) is 0 Å². The smallest absolute Gasteiger partial charge is 0.255 e. The van der Waals surface area contributed by atoms with Crippen LogP contribution in [-0.2, 0) is 0 Å². The topological polar surface area (TPSA) is 55.1 Å². The highest BCUT2D eigenvalue weighted by molar-refractivity contribution is 6.34. The second-order valence-electron chi connectivity index (χ2n) is 6.45. The number of aryl methyl sites for hydroxylation is 2. The fourth-order valence-electron chi connectivity index (χ4n) is 2.93. The quantitative estimate of drug-likeness (QED) is 0.475. The minimum absolute atomic E-state index is 0.208. The average Bonchev–Trinajstić information content (AvgIpc) is 3.07. The highest BCUT2D eigenvalue weighted by atomic mass is 35.5. The molecule has 0 bridgehead atoms. The van der Waals surface area contributed by atoms with Crippen LogP contribution < -0.4 is 5.32 Å². The van der Waals surface area contributed by atoms with Crippen molar-refractivity contribution < 1.29 is 9.21 Å². The van der Waals surface area contributed by atoms with Crippen LogP contribution in [-0.4, -0.2) is 10.9 Å². The molecule has 0 aliphatic carbocycles. The van der Waals surface area contributed by atoms with E-state index in [9.17, 15) is 4.79 Å². The Morgan fingerprint density at radius 3 is 2.67 bits per heavy atom. The first-order chi connectivity index (χ1) is 13.0. The van der Waals surface area contributed by atoms with Crippen molar-refractivity contribution in [2.75, 3.05) is 5.32 Å². The SMILES string of the molecule is Cc1ccc2oc(-c3ccc(Cl)c(NC(=O)c4ccccc4C)c3)nc2c1. The van der Waals surface area contributed by atoms with Gasteiger partial charge in [0.1, 0.15) is 5.52 Å². The number of rotatable bonds is 3. The third-order valence-electron chi connectivity index (χ3n) is 4.39. The number of oxazole rings is 1. The molecule has 0 aliphatic heterocycles. The highest BCUT2D eigenvalue weighted by Gasteiger charge is 2.14. The van der Waals surface area contributed by atoms with E-state index in [1.165, 1.54) is 0 Å². The molecule has 134 valence electrons. The van der Waals surface area contributed by atoms with Crippen molar-refractivity contribution in [1.82, 2.24) is 4.98 Å². The van der Waals surface area contributed by atoms with Crippen LogP contribution in [0.4, 0.5) is 5.69 Å². The second kappa shape index (κ2) is 6.89. The zero-order chi connectivity index (χ0) is 19.0. The Kier molecular flexibility index (Phi) is 4.42. The van der Waals surface area contributed by atoms with E-state index in [1.54, 1.807) is 18.2 Å². The molecule has 1 amide bonds. The fourth-order valence-corrected chi connectivity index (χ4v) is 3.10. The number of carbonyl (C=O) groups excluding carboxylic acids is 1. The Bertz CT molecular complexity index is 1160. The Morgan fingerprint density at radius 1 is 1.04 bits per heavy atom. The molecule has 0 aliphatic rings. The number of halogens is 1. The van der Waals surface area contributed by atoms with Gasteiger partial charge in [-0.15, -0.1) is 0 Å². The van der Waals surface area contributed by atoms with Gasteiger partial charge in [-0.1, -0.05) is 35.9 Å². The van der Waals surface area contributed by atoms with E-state index in [-0.39, 0.29) is 5.91 Å². The maximum atomic E-state index is 12.6. The molecule has 27 heavy (non-hydrogen) atoms. The lowest BCUT2D eigenvalue weighted by Crippen LogP contribution is -2.13. The molecule has 0 saturated carbocycles. The van der Waals surface area contributed by atoms with Crippen molar-refractivity contribution in [3.05, 3.63) is 82.4 Å². The van der Waals surface area contributed by atoms with E-state index in [0.29, 0.717) is 22.2 Å². The van der Waals surface area contributed by atoms with Gasteiger partial charge in [0.05, 0.1) is 10.7 Å². The maximum Gasteiger partial charge on any atom is 0.255 e. The van der Waals surface area contributed by atoms with Gasteiger partial charge in [-0.25, -0.2) is 4.98 Å². The predicted octanol–water partition coefficient (Wildman–Crippen LogP) is 6.02. The van der Waals surface area contributed by atoms with E-state index in [1.807, 2.05) is 56.3 Å². The second-order valence-corrected chi connectivity index (χ2v) is 6.86. The molecule has 4 rings (SSSR count). The van der Waals surface area contributed by atoms with Crippen molar-refractivity contribution >= 4 is 34.3 Å². The van der Waals surface area contributed by atoms with Gasteiger partial charge >= 0.3 is 0 Å².